The van der Waals surface area contributed by atoms with Gasteiger partial charge in [0.05, 0.1) is 25.9 Å². The van der Waals surface area contributed by atoms with Gasteiger partial charge in [-0.05, 0) is 88.4 Å². The molecule has 0 unspecified atom stereocenters. The Labute approximate surface area is 352 Å². The van der Waals surface area contributed by atoms with Crippen molar-refractivity contribution in [2.45, 2.75) is 113 Å². The van der Waals surface area contributed by atoms with E-state index in [1.54, 1.807) is 12.1 Å². The molecule has 4 rings (SSSR count). The van der Waals surface area contributed by atoms with Crippen LogP contribution in [0.5, 0.6) is 5.75 Å². The molecule has 7 amide bonds. The third-order valence-corrected chi connectivity index (χ3v) is 11.2. The number of carbonyl (C=O) groups is 8. The largest absolute Gasteiger partial charge is 0.508 e. The first kappa shape index (κ1) is 48.2. The van der Waals surface area contributed by atoms with Crippen molar-refractivity contribution in [2.24, 2.45) is 11.5 Å². The Morgan fingerprint density at radius 3 is 1.49 bits per heavy atom. The first-order valence-electron chi connectivity index (χ1n) is 20.6. The van der Waals surface area contributed by atoms with Gasteiger partial charge in [-0.25, -0.2) is 4.79 Å². The van der Waals surface area contributed by atoms with E-state index in [0.29, 0.717) is 44.2 Å². The maximum atomic E-state index is 13.8. The van der Waals surface area contributed by atoms with Crippen LogP contribution in [-0.2, 0) is 44.8 Å². The second-order valence-corrected chi connectivity index (χ2v) is 15.5. The maximum Gasteiger partial charge on any atom is 0.326 e. The number of unbranched alkanes of at least 4 members (excludes halogenated alkanes) is 1. The Balaban J connectivity index is 1.37. The van der Waals surface area contributed by atoms with Crippen LogP contribution in [0.25, 0.3) is 0 Å². The molecule has 338 valence electrons. The van der Waals surface area contributed by atoms with Crippen molar-refractivity contribution in [3.63, 3.8) is 0 Å². The van der Waals surface area contributed by atoms with Crippen LogP contribution in [0.15, 0.2) is 24.3 Å². The number of nitrogens with zero attached hydrogens (tertiary/aromatic N) is 3. The van der Waals surface area contributed by atoms with Crippen molar-refractivity contribution in [1.29, 1.82) is 0 Å². The zero-order valence-corrected chi connectivity index (χ0v) is 33.9. The van der Waals surface area contributed by atoms with E-state index in [1.165, 1.54) is 12.1 Å². The average molecular weight is 862 g/mol. The smallest absolute Gasteiger partial charge is 0.326 e. The molecule has 3 aliphatic rings. The van der Waals surface area contributed by atoms with Crippen LogP contribution in [0.3, 0.4) is 0 Å². The number of carbonyl (C=O) groups excluding carboxylic acids is 7. The van der Waals surface area contributed by atoms with Gasteiger partial charge in [0, 0.05) is 19.6 Å². The van der Waals surface area contributed by atoms with Crippen molar-refractivity contribution in [3.8, 4) is 5.75 Å². The number of benzene rings is 1. The quantitative estimate of drug-likeness (QED) is 0.0518. The van der Waals surface area contributed by atoms with Gasteiger partial charge < -0.3 is 73.0 Å². The fourth-order valence-electron chi connectivity index (χ4n) is 7.88. The molecule has 1 aromatic rings. The van der Waals surface area contributed by atoms with Gasteiger partial charge in [0.25, 0.3) is 0 Å². The topological polar surface area (TPSA) is 348 Å². The Bertz CT molecular complexity index is 1730. The van der Waals surface area contributed by atoms with Gasteiger partial charge in [0.2, 0.25) is 41.4 Å². The highest BCUT2D eigenvalue weighted by molar-refractivity contribution is 5.98. The number of rotatable bonds is 21. The zero-order valence-electron chi connectivity index (χ0n) is 33.9. The lowest BCUT2D eigenvalue weighted by atomic mass is 10.0. The minimum Gasteiger partial charge on any atom is -0.508 e. The molecule has 3 heterocycles. The maximum absolute atomic E-state index is 13.8. The number of aliphatic hydroxyl groups excluding tert-OH is 3. The number of carboxylic acids is 1. The summed E-state index contributed by atoms with van der Waals surface area (Å²) < 4.78 is 0. The van der Waals surface area contributed by atoms with Crippen LogP contribution < -0.4 is 32.7 Å². The van der Waals surface area contributed by atoms with E-state index in [9.17, 15) is 63.9 Å². The Kier molecular flexibility index (Phi) is 18.2. The second-order valence-electron chi connectivity index (χ2n) is 15.5. The van der Waals surface area contributed by atoms with Crippen LogP contribution in [0, 0.1) is 0 Å². The molecule has 8 atom stereocenters. The standard InChI is InChI=1S/C39H59N9O13/c40-14-2-1-6-25(42-32(53)24(41)18-22-10-12-23(52)13-11-22)33(54)43-26(19-49)36(57)46-15-3-7-29(46)34(55)44-27(20-50)37(58)47-16-4-8-30(47)35(56)45-28(21-51)38(59)48-17-5-9-31(48)39(60)61/h10-13,24-31,49-52H,1-9,14-21,40-41H2,(H,42,53)(H,43,54)(H,44,55)(H,45,56)(H,60,61)/t24-,25-,26-,27-,28-,29-,30-,31-/m0/s1. The van der Waals surface area contributed by atoms with Crippen LogP contribution in [0.2, 0.25) is 0 Å². The SMILES string of the molecule is NCCCC[C@H](NC(=O)[C@@H](N)Cc1ccc(O)cc1)C(=O)N[C@@H](CO)C(=O)N1CCC[C@H]1C(=O)N[C@@H](CO)C(=O)N1CCC[C@H]1C(=O)N[C@@H](CO)C(=O)N1CCC[C@H]1C(=O)O. The molecule has 22 heteroatoms. The van der Waals surface area contributed by atoms with Crippen molar-refractivity contribution in [3.05, 3.63) is 29.8 Å². The summed E-state index contributed by atoms with van der Waals surface area (Å²) in [5, 5.41) is 59.3. The second kappa shape index (κ2) is 23.0. The van der Waals surface area contributed by atoms with Gasteiger partial charge in [0.1, 0.15) is 48.0 Å². The number of carboxylic acid groups (broad SMARTS) is 1. The number of aliphatic carboxylic acids is 1. The predicted octanol–water partition coefficient (Wildman–Crippen LogP) is -4.64. The van der Waals surface area contributed by atoms with E-state index >= 15 is 0 Å². The zero-order chi connectivity index (χ0) is 44.8. The summed E-state index contributed by atoms with van der Waals surface area (Å²) in [5.41, 5.74) is 12.4. The average Bonchev–Trinajstić information content (AvgIpc) is 4.05. The number of aromatic hydroxyl groups is 1. The fraction of sp³-hybridized carbons (Fsp3) is 0.641. The normalized spacial score (nSPS) is 21.2. The van der Waals surface area contributed by atoms with E-state index in [-0.39, 0.29) is 57.5 Å². The van der Waals surface area contributed by atoms with Crippen molar-refractivity contribution in [1.82, 2.24) is 36.0 Å². The Morgan fingerprint density at radius 2 is 1.05 bits per heavy atom. The molecule has 61 heavy (non-hydrogen) atoms. The summed E-state index contributed by atoms with van der Waals surface area (Å²) in [5.74, 6) is -6.66. The molecule has 3 saturated heterocycles. The predicted molar refractivity (Wildman–Crippen MR) is 214 cm³/mol. The third kappa shape index (κ3) is 12.6. The molecule has 22 nitrogen and oxygen atoms in total. The van der Waals surface area contributed by atoms with Gasteiger partial charge in [0.15, 0.2) is 0 Å². The number of hydrogen-bond donors (Lipinski definition) is 11. The molecule has 0 aliphatic carbocycles. The summed E-state index contributed by atoms with van der Waals surface area (Å²) in [6, 6.07) is -4.13. The molecule has 3 fully saturated rings. The molecule has 0 radical (unpaired) electrons. The number of nitrogens with one attached hydrogen (secondary N) is 4. The molecule has 1 aromatic carbocycles. The minimum absolute atomic E-state index is 0.0378. The van der Waals surface area contributed by atoms with E-state index in [0.717, 1.165) is 14.7 Å². The first-order chi connectivity index (χ1) is 29.1. The highest BCUT2D eigenvalue weighted by Crippen LogP contribution is 2.23. The Hall–Kier alpha value is -5.42. The molecule has 0 spiro atoms. The highest BCUT2D eigenvalue weighted by atomic mass is 16.4. The molecule has 3 aliphatic heterocycles. The van der Waals surface area contributed by atoms with Crippen molar-refractivity contribution >= 4 is 47.3 Å². The van der Waals surface area contributed by atoms with Crippen LogP contribution >= 0.6 is 0 Å². The number of amides is 7. The van der Waals surface area contributed by atoms with Crippen LogP contribution in [0.4, 0.5) is 0 Å². The lowest BCUT2D eigenvalue weighted by Crippen LogP contribution is -2.61. The van der Waals surface area contributed by atoms with Gasteiger partial charge in [-0.15, -0.1) is 0 Å². The monoisotopic (exact) mass is 861 g/mol. The van der Waals surface area contributed by atoms with Gasteiger partial charge in [-0.1, -0.05) is 12.1 Å². The van der Waals surface area contributed by atoms with E-state index < -0.39 is 115 Å². The van der Waals surface area contributed by atoms with Crippen molar-refractivity contribution in [2.75, 3.05) is 46.0 Å². The third-order valence-electron chi connectivity index (χ3n) is 11.2. The van der Waals surface area contributed by atoms with Gasteiger partial charge >= 0.3 is 5.97 Å². The van der Waals surface area contributed by atoms with Crippen molar-refractivity contribution < 1.29 is 63.9 Å². The summed E-state index contributed by atoms with van der Waals surface area (Å²) in [7, 11) is 0. The molecule has 0 bridgehead atoms. The number of likely N-dealkylation sites (tertiary alicyclic amines) is 3. The number of phenols is 1. The molecule has 13 N–H and O–H groups in total. The molecule has 0 aromatic heterocycles. The highest BCUT2D eigenvalue weighted by Gasteiger charge is 2.43. The lowest BCUT2D eigenvalue weighted by Gasteiger charge is -2.32. The minimum atomic E-state index is -1.55. The number of nitrogens with two attached hydrogens (primary N) is 2. The fourth-order valence-corrected chi connectivity index (χ4v) is 7.88. The summed E-state index contributed by atoms with van der Waals surface area (Å²) in [6.07, 6.45) is 2.81. The number of hydrogen-bond acceptors (Lipinski definition) is 14. The van der Waals surface area contributed by atoms with E-state index in [4.69, 9.17) is 11.5 Å². The van der Waals surface area contributed by atoms with Gasteiger partial charge in [-0.2, -0.15) is 0 Å². The molecular weight excluding hydrogens is 802 g/mol. The van der Waals surface area contributed by atoms with E-state index in [2.05, 4.69) is 21.3 Å². The lowest BCUT2D eigenvalue weighted by molar-refractivity contribution is -0.150. The summed E-state index contributed by atoms with van der Waals surface area (Å²) >= 11 is 0. The van der Waals surface area contributed by atoms with Crippen LogP contribution in [-0.4, -0.2) is 182 Å². The molecule has 0 saturated carbocycles. The van der Waals surface area contributed by atoms with Crippen LogP contribution in [0.1, 0.15) is 63.4 Å². The summed E-state index contributed by atoms with van der Waals surface area (Å²) in [4.78, 5) is 109. The first-order valence-corrected chi connectivity index (χ1v) is 20.6. The molecular formula is C39H59N9O13. The van der Waals surface area contributed by atoms with E-state index in [1.807, 2.05) is 0 Å². The number of aliphatic hydroxyl groups is 3. The number of phenolic OH excluding ortho intramolecular Hbond substituents is 1. The summed E-state index contributed by atoms with van der Waals surface area (Å²) in [6.45, 7) is -2.03. The Morgan fingerprint density at radius 1 is 0.623 bits per heavy atom. The van der Waals surface area contributed by atoms with Gasteiger partial charge in [-0.3, -0.25) is 33.6 Å².